The van der Waals surface area contributed by atoms with Gasteiger partial charge in [0.25, 0.3) is 0 Å². The van der Waals surface area contributed by atoms with E-state index in [2.05, 4.69) is 17.1 Å². The molecular formula is C15H19FN2O. The van der Waals surface area contributed by atoms with Gasteiger partial charge in [0.1, 0.15) is 11.6 Å². The molecule has 1 aromatic carbocycles. The van der Waals surface area contributed by atoms with E-state index in [4.69, 9.17) is 4.42 Å². The van der Waals surface area contributed by atoms with Crippen molar-refractivity contribution in [1.82, 2.24) is 5.32 Å². The molecule has 0 aliphatic carbocycles. The smallest absolute Gasteiger partial charge is 0.129 e. The van der Waals surface area contributed by atoms with E-state index in [1.54, 1.807) is 12.3 Å². The van der Waals surface area contributed by atoms with E-state index in [-0.39, 0.29) is 5.82 Å². The van der Waals surface area contributed by atoms with Crippen molar-refractivity contribution in [3.63, 3.8) is 0 Å². The van der Waals surface area contributed by atoms with Crippen LogP contribution in [0.1, 0.15) is 18.2 Å². The molecule has 19 heavy (non-hydrogen) atoms. The lowest BCUT2D eigenvalue weighted by atomic mass is 10.1. The van der Waals surface area contributed by atoms with Crippen LogP contribution in [-0.2, 0) is 13.1 Å². The Bertz CT molecular complexity index is 511. The third-order valence-corrected chi connectivity index (χ3v) is 3.10. The monoisotopic (exact) mass is 262 g/mol. The van der Waals surface area contributed by atoms with Crippen molar-refractivity contribution in [3.8, 4) is 0 Å². The van der Waals surface area contributed by atoms with E-state index in [9.17, 15) is 4.39 Å². The zero-order valence-corrected chi connectivity index (χ0v) is 11.3. The van der Waals surface area contributed by atoms with Crippen molar-refractivity contribution in [3.05, 3.63) is 53.7 Å². The number of nitrogens with zero attached hydrogens (tertiary/aromatic N) is 1. The Morgan fingerprint density at radius 2 is 2.11 bits per heavy atom. The Balaban J connectivity index is 2.29. The summed E-state index contributed by atoms with van der Waals surface area (Å²) in [7, 11) is 1.82. The molecule has 0 saturated carbocycles. The second-order valence-electron chi connectivity index (χ2n) is 4.36. The van der Waals surface area contributed by atoms with Gasteiger partial charge >= 0.3 is 0 Å². The molecule has 0 aliphatic rings. The number of hydrogen-bond donors (Lipinski definition) is 1. The Labute approximate surface area is 113 Å². The van der Waals surface area contributed by atoms with E-state index < -0.39 is 0 Å². The van der Waals surface area contributed by atoms with E-state index in [1.165, 1.54) is 6.07 Å². The average Bonchev–Trinajstić information content (AvgIpc) is 2.92. The van der Waals surface area contributed by atoms with Crippen molar-refractivity contribution in [2.45, 2.75) is 20.0 Å². The first-order valence-electron chi connectivity index (χ1n) is 6.45. The SMILES string of the molecule is CCN(Cc1ccco1)c1cccc(F)c1CNC. The molecule has 0 fully saturated rings. The summed E-state index contributed by atoms with van der Waals surface area (Å²) in [5, 5.41) is 3.01. The van der Waals surface area contributed by atoms with E-state index in [1.807, 2.05) is 25.2 Å². The fourth-order valence-corrected chi connectivity index (χ4v) is 2.15. The summed E-state index contributed by atoms with van der Waals surface area (Å²) in [5.41, 5.74) is 1.60. The summed E-state index contributed by atoms with van der Waals surface area (Å²) < 4.78 is 19.3. The number of furan rings is 1. The average molecular weight is 262 g/mol. The molecule has 0 atom stereocenters. The Hall–Kier alpha value is -1.81. The molecular weight excluding hydrogens is 243 g/mol. The van der Waals surface area contributed by atoms with Gasteiger partial charge in [0.2, 0.25) is 0 Å². The molecule has 1 N–H and O–H groups in total. The second-order valence-corrected chi connectivity index (χ2v) is 4.36. The summed E-state index contributed by atoms with van der Waals surface area (Å²) >= 11 is 0. The van der Waals surface area contributed by atoms with Gasteiger partial charge < -0.3 is 14.6 Å². The van der Waals surface area contributed by atoms with Gasteiger partial charge in [-0.3, -0.25) is 0 Å². The third kappa shape index (κ3) is 3.15. The van der Waals surface area contributed by atoms with Crippen molar-refractivity contribution in [1.29, 1.82) is 0 Å². The Kier molecular flexibility index (Phi) is 4.58. The van der Waals surface area contributed by atoms with Crippen molar-refractivity contribution >= 4 is 5.69 Å². The van der Waals surface area contributed by atoms with E-state index in [0.717, 1.165) is 18.0 Å². The molecule has 0 spiro atoms. The van der Waals surface area contributed by atoms with Crippen LogP contribution in [0.15, 0.2) is 41.0 Å². The fourth-order valence-electron chi connectivity index (χ4n) is 2.15. The number of benzene rings is 1. The van der Waals surface area contributed by atoms with Crippen LogP contribution in [0.25, 0.3) is 0 Å². The van der Waals surface area contributed by atoms with Crippen molar-refractivity contribution in [2.75, 3.05) is 18.5 Å². The van der Waals surface area contributed by atoms with Crippen LogP contribution < -0.4 is 10.2 Å². The molecule has 0 amide bonds. The van der Waals surface area contributed by atoms with Gasteiger partial charge in [0.15, 0.2) is 0 Å². The summed E-state index contributed by atoms with van der Waals surface area (Å²) in [6.45, 7) is 4.00. The van der Waals surface area contributed by atoms with E-state index in [0.29, 0.717) is 18.7 Å². The zero-order chi connectivity index (χ0) is 13.7. The molecule has 0 unspecified atom stereocenters. The van der Waals surface area contributed by atoms with Crippen molar-refractivity contribution < 1.29 is 8.81 Å². The number of hydrogen-bond acceptors (Lipinski definition) is 3. The van der Waals surface area contributed by atoms with Gasteiger partial charge in [0.05, 0.1) is 12.8 Å². The predicted octanol–water partition coefficient (Wildman–Crippen LogP) is 3.16. The van der Waals surface area contributed by atoms with Gasteiger partial charge in [-0.05, 0) is 38.2 Å². The van der Waals surface area contributed by atoms with Gasteiger partial charge in [-0.2, -0.15) is 0 Å². The molecule has 0 aliphatic heterocycles. The minimum atomic E-state index is -0.176. The van der Waals surface area contributed by atoms with Gasteiger partial charge in [0, 0.05) is 24.3 Å². The van der Waals surface area contributed by atoms with Gasteiger partial charge in [-0.15, -0.1) is 0 Å². The predicted molar refractivity (Wildman–Crippen MR) is 74.6 cm³/mol. The highest BCUT2D eigenvalue weighted by Gasteiger charge is 2.14. The maximum absolute atomic E-state index is 13.9. The first-order valence-corrected chi connectivity index (χ1v) is 6.45. The van der Waals surface area contributed by atoms with Gasteiger partial charge in [-0.1, -0.05) is 6.07 Å². The highest BCUT2D eigenvalue weighted by molar-refractivity contribution is 5.54. The minimum absolute atomic E-state index is 0.176. The minimum Gasteiger partial charge on any atom is -0.467 e. The van der Waals surface area contributed by atoms with Crippen LogP contribution in [0.5, 0.6) is 0 Å². The first-order chi connectivity index (χ1) is 9.26. The molecule has 0 bridgehead atoms. The lowest BCUT2D eigenvalue weighted by molar-refractivity contribution is 0.502. The molecule has 0 saturated heterocycles. The number of anilines is 1. The van der Waals surface area contributed by atoms with E-state index >= 15 is 0 Å². The molecule has 2 aromatic rings. The van der Waals surface area contributed by atoms with Crippen LogP contribution in [0.4, 0.5) is 10.1 Å². The lowest BCUT2D eigenvalue weighted by Crippen LogP contribution is -2.24. The molecule has 3 nitrogen and oxygen atoms in total. The Morgan fingerprint density at radius 1 is 1.26 bits per heavy atom. The highest BCUT2D eigenvalue weighted by Crippen LogP contribution is 2.24. The normalized spacial score (nSPS) is 10.7. The quantitative estimate of drug-likeness (QED) is 0.866. The molecule has 4 heteroatoms. The first kappa shape index (κ1) is 13.6. The third-order valence-electron chi connectivity index (χ3n) is 3.10. The molecule has 0 radical (unpaired) electrons. The van der Waals surface area contributed by atoms with Crippen LogP contribution in [0.2, 0.25) is 0 Å². The number of rotatable bonds is 6. The summed E-state index contributed by atoms with van der Waals surface area (Å²) in [6, 6.07) is 8.98. The highest BCUT2D eigenvalue weighted by atomic mass is 19.1. The summed E-state index contributed by atoms with van der Waals surface area (Å²) in [4.78, 5) is 2.11. The second kappa shape index (κ2) is 6.38. The Morgan fingerprint density at radius 3 is 2.74 bits per heavy atom. The van der Waals surface area contributed by atoms with Crippen LogP contribution in [0, 0.1) is 5.82 Å². The van der Waals surface area contributed by atoms with Crippen LogP contribution in [0.3, 0.4) is 0 Å². The van der Waals surface area contributed by atoms with Crippen molar-refractivity contribution in [2.24, 2.45) is 0 Å². The molecule has 1 heterocycles. The molecule has 1 aromatic heterocycles. The largest absolute Gasteiger partial charge is 0.467 e. The summed E-state index contributed by atoms with van der Waals surface area (Å²) in [5.74, 6) is 0.700. The number of nitrogens with one attached hydrogen (secondary N) is 1. The lowest BCUT2D eigenvalue weighted by Gasteiger charge is -2.25. The van der Waals surface area contributed by atoms with Gasteiger partial charge in [-0.25, -0.2) is 4.39 Å². The molecule has 2 rings (SSSR count). The summed E-state index contributed by atoms with van der Waals surface area (Å²) in [6.07, 6.45) is 1.66. The topological polar surface area (TPSA) is 28.4 Å². The zero-order valence-electron chi connectivity index (χ0n) is 11.3. The number of halogens is 1. The van der Waals surface area contributed by atoms with Crippen LogP contribution >= 0.6 is 0 Å². The fraction of sp³-hybridized carbons (Fsp3) is 0.333. The standard InChI is InChI=1S/C15H19FN2O/c1-3-18(11-12-6-5-9-19-12)15-8-4-7-14(16)13(15)10-17-2/h4-9,17H,3,10-11H2,1-2H3. The maximum atomic E-state index is 13.9. The van der Waals surface area contributed by atoms with Crippen LogP contribution in [-0.4, -0.2) is 13.6 Å². The molecule has 102 valence electrons. The maximum Gasteiger partial charge on any atom is 0.129 e.